The molecule has 0 saturated heterocycles. The van der Waals surface area contributed by atoms with Crippen molar-refractivity contribution >= 4 is 15.9 Å². The van der Waals surface area contributed by atoms with Gasteiger partial charge in [0.05, 0.1) is 0 Å². The van der Waals surface area contributed by atoms with Gasteiger partial charge in [0.1, 0.15) is 0 Å². The van der Waals surface area contributed by atoms with Crippen LogP contribution in [-0.2, 0) is 23.5 Å². The van der Waals surface area contributed by atoms with Crippen LogP contribution < -0.4 is 0 Å². The third-order valence-corrected chi connectivity index (χ3v) is 2.53. The van der Waals surface area contributed by atoms with Gasteiger partial charge in [-0.1, -0.05) is 29.8 Å². The van der Waals surface area contributed by atoms with Crippen LogP contribution in [0.2, 0.25) is 0 Å². The van der Waals surface area contributed by atoms with Crippen LogP contribution >= 0.6 is 15.9 Å². The maximum Gasteiger partial charge on any atom is 2.00 e. The Morgan fingerprint density at radius 1 is 1.12 bits per heavy atom. The second kappa shape index (κ2) is 8.81. The molecule has 0 aliphatic rings. The van der Waals surface area contributed by atoms with Crippen molar-refractivity contribution < 1.29 is 17.1 Å². The summed E-state index contributed by atoms with van der Waals surface area (Å²) in [6.07, 6.45) is 1.22. The second-order valence-electron chi connectivity index (χ2n) is 3.99. The molecule has 0 bridgehead atoms. The standard InChI is InChI=1S/C9H13.C5H4Br.Fe/c1-8(2)7-9-5-3-4-6-9;6-5-3-1-2-4-5;/h3-6,8H,7H2,1-2H3;1-4H;/q2*-1;+2. The van der Waals surface area contributed by atoms with Gasteiger partial charge in [0.2, 0.25) is 0 Å². The minimum atomic E-state index is 0. The first-order chi connectivity index (χ1) is 7.18. The van der Waals surface area contributed by atoms with Gasteiger partial charge < -0.3 is 0 Å². The Morgan fingerprint density at radius 2 is 1.75 bits per heavy atom. The summed E-state index contributed by atoms with van der Waals surface area (Å²) in [6, 6.07) is 16.5. The third-order valence-electron chi connectivity index (χ3n) is 2.00. The van der Waals surface area contributed by atoms with Crippen molar-refractivity contribution in [1.29, 1.82) is 0 Å². The Bertz CT molecular complexity index is 333. The van der Waals surface area contributed by atoms with Crippen LogP contribution in [0.4, 0.5) is 0 Å². The Morgan fingerprint density at radius 3 is 2.06 bits per heavy atom. The Kier molecular flexibility index (Phi) is 8.64. The van der Waals surface area contributed by atoms with Gasteiger partial charge in [0, 0.05) is 0 Å². The number of hydrogen-bond donors (Lipinski definition) is 0. The molecule has 0 fully saturated rings. The van der Waals surface area contributed by atoms with E-state index in [9.17, 15) is 0 Å². The Hall–Kier alpha value is -0.301. The van der Waals surface area contributed by atoms with Crippen molar-refractivity contribution in [3.05, 3.63) is 58.6 Å². The molecule has 2 aromatic rings. The summed E-state index contributed by atoms with van der Waals surface area (Å²) in [5.41, 5.74) is 1.46. The molecule has 0 spiro atoms. The maximum absolute atomic E-state index is 3.28. The van der Waals surface area contributed by atoms with Crippen LogP contribution in [0.25, 0.3) is 0 Å². The van der Waals surface area contributed by atoms with Crippen molar-refractivity contribution in [2.24, 2.45) is 5.92 Å². The molecule has 2 rings (SSSR count). The molecule has 0 saturated carbocycles. The van der Waals surface area contributed by atoms with Crippen LogP contribution in [0.3, 0.4) is 0 Å². The Balaban J connectivity index is 0.000000283. The molecule has 0 radical (unpaired) electrons. The van der Waals surface area contributed by atoms with E-state index in [2.05, 4.69) is 54.0 Å². The van der Waals surface area contributed by atoms with Gasteiger partial charge in [0.15, 0.2) is 0 Å². The quantitative estimate of drug-likeness (QED) is 0.552. The smallest absolute Gasteiger partial charge is 0.213 e. The van der Waals surface area contributed by atoms with Crippen LogP contribution in [-0.4, -0.2) is 0 Å². The Labute approximate surface area is 117 Å². The van der Waals surface area contributed by atoms with Crippen molar-refractivity contribution in [1.82, 2.24) is 0 Å². The van der Waals surface area contributed by atoms with Crippen LogP contribution in [0.5, 0.6) is 0 Å². The van der Waals surface area contributed by atoms with E-state index >= 15 is 0 Å². The minimum absolute atomic E-state index is 0. The normalized spacial score (nSPS) is 9.25. The number of rotatable bonds is 2. The van der Waals surface area contributed by atoms with Gasteiger partial charge in [0.25, 0.3) is 0 Å². The molecule has 0 aromatic heterocycles. The van der Waals surface area contributed by atoms with Gasteiger partial charge in [-0.25, -0.2) is 18.2 Å². The largest absolute Gasteiger partial charge is 2.00 e. The molecule has 0 N–H and O–H groups in total. The van der Waals surface area contributed by atoms with E-state index in [1.54, 1.807) is 0 Å². The fourth-order valence-electron chi connectivity index (χ4n) is 1.37. The van der Waals surface area contributed by atoms with Crippen molar-refractivity contribution in [2.45, 2.75) is 20.3 Å². The molecule has 2 heteroatoms. The molecule has 0 aliphatic heterocycles. The molecule has 2 aromatic carbocycles. The van der Waals surface area contributed by atoms with E-state index in [0.29, 0.717) is 0 Å². The average Bonchev–Trinajstić information content (AvgIpc) is 2.78. The van der Waals surface area contributed by atoms with E-state index in [1.165, 1.54) is 12.0 Å². The average molecular weight is 321 g/mol. The zero-order chi connectivity index (χ0) is 11.1. The molecule has 0 atom stereocenters. The van der Waals surface area contributed by atoms with Gasteiger partial charge >= 0.3 is 17.1 Å². The summed E-state index contributed by atoms with van der Waals surface area (Å²) in [5.74, 6) is 0.785. The second-order valence-corrected chi connectivity index (χ2v) is 4.91. The van der Waals surface area contributed by atoms with Crippen molar-refractivity contribution in [3.8, 4) is 0 Å². The van der Waals surface area contributed by atoms with E-state index in [1.807, 2.05) is 24.3 Å². The van der Waals surface area contributed by atoms with E-state index in [-0.39, 0.29) is 17.1 Å². The SMILES string of the molecule is Brc1ccc[cH-]1.CC(C)Cc1ccc[cH-]1.[Fe+2]. The predicted molar refractivity (Wildman–Crippen MR) is 70.3 cm³/mol. The van der Waals surface area contributed by atoms with Crippen LogP contribution in [0.1, 0.15) is 19.4 Å². The van der Waals surface area contributed by atoms with Crippen molar-refractivity contribution in [3.63, 3.8) is 0 Å². The van der Waals surface area contributed by atoms with Crippen LogP contribution in [0.15, 0.2) is 53.0 Å². The summed E-state index contributed by atoms with van der Waals surface area (Å²) in [5, 5.41) is 0. The molecule has 0 heterocycles. The number of halogens is 1. The van der Waals surface area contributed by atoms with E-state index in [4.69, 9.17) is 0 Å². The summed E-state index contributed by atoms with van der Waals surface area (Å²) in [6.45, 7) is 4.49. The monoisotopic (exact) mass is 320 g/mol. The zero-order valence-corrected chi connectivity index (χ0v) is 12.3. The van der Waals surface area contributed by atoms with Gasteiger partial charge in [-0.15, -0.1) is 4.47 Å². The van der Waals surface area contributed by atoms with E-state index in [0.717, 1.165) is 10.4 Å². The first kappa shape index (κ1) is 15.7. The third kappa shape index (κ3) is 7.05. The molecule has 0 amide bonds. The molecule has 16 heavy (non-hydrogen) atoms. The minimum Gasteiger partial charge on any atom is -0.213 e. The summed E-state index contributed by atoms with van der Waals surface area (Å²) < 4.78 is 1.16. The topological polar surface area (TPSA) is 0 Å². The first-order valence-corrected chi connectivity index (χ1v) is 6.05. The van der Waals surface area contributed by atoms with Crippen molar-refractivity contribution in [2.75, 3.05) is 0 Å². The van der Waals surface area contributed by atoms with Crippen LogP contribution in [0, 0.1) is 5.92 Å². The molecule has 88 valence electrons. The molecular weight excluding hydrogens is 304 g/mol. The molecular formula is C14H17BrFe. The molecule has 0 nitrogen and oxygen atoms in total. The zero-order valence-electron chi connectivity index (χ0n) is 9.63. The fourth-order valence-corrected chi connectivity index (χ4v) is 1.68. The maximum atomic E-state index is 3.28. The summed E-state index contributed by atoms with van der Waals surface area (Å²) >= 11 is 3.28. The van der Waals surface area contributed by atoms with Gasteiger partial charge in [-0.2, -0.15) is 35.9 Å². The fraction of sp³-hybridized carbons (Fsp3) is 0.286. The summed E-state index contributed by atoms with van der Waals surface area (Å²) in [4.78, 5) is 0. The summed E-state index contributed by atoms with van der Waals surface area (Å²) in [7, 11) is 0. The van der Waals surface area contributed by atoms with E-state index < -0.39 is 0 Å². The predicted octanol–water partition coefficient (Wildman–Crippen LogP) is 4.77. The molecule has 0 aliphatic carbocycles. The first-order valence-electron chi connectivity index (χ1n) is 5.26. The van der Waals surface area contributed by atoms with Gasteiger partial charge in [-0.05, 0) is 12.3 Å². The molecule has 0 unspecified atom stereocenters. The number of hydrogen-bond acceptors (Lipinski definition) is 0. The van der Waals surface area contributed by atoms with Gasteiger partial charge in [-0.3, -0.25) is 0 Å².